The smallest absolute Gasteiger partial charge is 0.240 e. The summed E-state index contributed by atoms with van der Waals surface area (Å²) in [6.45, 7) is 0.756. The number of aromatic nitrogens is 3. The van der Waals surface area contributed by atoms with E-state index in [0.29, 0.717) is 12.2 Å². The van der Waals surface area contributed by atoms with Gasteiger partial charge in [0.1, 0.15) is 11.4 Å². The van der Waals surface area contributed by atoms with E-state index in [9.17, 15) is 8.42 Å². The van der Waals surface area contributed by atoms with Gasteiger partial charge in [0.15, 0.2) is 0 Å². The molecule has 4 fully saturated rings. The molecule has 7 nitrogen and oxygen atoms in total. The van der Waals surface area contributed by atoms with Crippen LogP contribution in [0.5, 0.6) is 0 Å². The Morgan fingerprint density at radius 3 is 2.10 bits per heavy atom. The lowest BCUT2D eigenvalue weighted by molar-refractivity contribution is -0.0207. The number of aromatic amines is 1. The molecule has 9 heteroatoms. The van der Waals surface area contributed by atoms with E-state index in [1.807, 2.05) is 0 Å². The molecule has 0 atom stereocenters. The first-order valence-electron chi connectivity index (χ1n) is 10.3. The molecule has 0 aliphatic heterocycles. The average Bonchev–Trinajstić information content (AvgIpc) is 3.12. The summed E-state index contributed by atoms with van der Waals surface area (Å²) >= 11 is 2.16. The van der Waals surface area contributed by atoms with Crippen LogP contribution in [0.3, 0.4) is 0 Å². The van der Waals surface area contributed by atoms with Gasteiger partial charge in [0.25, 0.3) is 0 Å². The monoisotopic (exact) mass is 527 g/mol. The van der Waals surface area contributed by atoms with Crippen molar-refractivity contribution in [3.05, 3.63) is 39.2 Å². The fraction of sp³-hybridized carbons (Fsp3) is 0.600. The van der Waals surface area contributed by atoms with Crippen molar-refractivity contribution in [1.82, 2.24) is 25.4 Å². The van der Waals surface area contributed by atoms with Crippen molar-refractivity contribution in [2.24, 2.45) is 17.8 Å². The predicted molar refractivity (Wildman–Crippen MR) is 117 cm³/mol. The summed E-state index contributed by atoms with van der Waals surface area (Å²) in [7, 11) is -3.58. The van der Waals surface area contributed by atoms with Gasteiger partial charge in [-0.25, -0.2) is 13.1 Å². The van der Waals surface area contributed by atoms with E-state index >= 15 is 0 Å². The van der Waals surface area contributed by atoms with Crippen LogP contribution in [0, 0.1) is 21.3 Å². The second-order valence-electron chi connectivity index (χ2n) is 9.05. The fourth-order valence-corrected chi connectivity index (χ4v) is 7.36. The van der Waals surface area contributed by atoms with Crippen molar-refractivity contribution >= 4 is 32.6 Å². The summed E-state index contributed by atoms with van der Waals surface area (Å²) in [5.41, 5.74) is 1.69. The van der Waals surface area contributed by atoms with Crippen LogP contribution >= 0.6 is 22.6 Å². The van der Waals surface area contributed by atoms with E-state index in [2.05, 4.69) is 48.0 Å². The van der Waals surface area contributed by atoms with Crippen molar-refractivity contribution in [3.8, 4) is 0 Å². The molecular weight excluding hydrogens is 501 g/mol. The second kappa shape index (κ2) is 7.58. The molecular formula is C20H26IN5O2S. The molecule has 0 amide bonds. The maximum absolute atomic E-state index is 12.5. The van der Waals surface area contributed by atoms with Gasteiger partial charge in [-0.05, 0) is 103 Å². The standard InChI is InChI=1S/C20H26IN5O2S/c21-16-1-3-17(4-2-16)29(27,28)23-12-19-18(24-26-25-19)11-22-20-8-13-5-14(9-20)7-15(6-13)10-20/h1-4,13-15,22-23H,5-12H2,(H,24,25,26). The number of halogens is 1. The van der Waals surface area contributed by atoms with Crippen LogP contribution in [0.2, 0.25) is 0 Å². The molecule has 0 saturated heterocycles. The van der Waals surface area contributed by atoms with E-state index < -0.39 is 10.0 Å². The summed E-state index contributed by atoms with van der Waals surface area (Å²) in [6.07, 6.45) is 8.05. The van der Waals surface area contributed by atoms with Crippen molar-refractivity contribution in [1.29, 1.82) is 0 Å². The number of H-pyrrole nitrogens is 1. The zero-order chi connectivity index (χ0) is 20.1. The van der Waals surface area contributed by atoms with Crippen molar-refractivity contribution in [2.75, 3.05) is 0 Å². The lowest BCUT2D eigenvalue weighted by atomic mass is 9.53. The summed E-state index contributed by atoms with van der Waals surface area (Å²) in [5, 5.41) is 14.9. The number of nitrogens with one attached hydrogen (secondary N) is 3. The highest BCUT2D eigenvalue weighted by molar-refractivity contribution is 14.1. The largest absolute Gasteiger partial charge is 0.305 e. The second-order valence-corrected chi connectivity index (χ2v) is 12.1. The molecule has 0 spiro atoms. The van der Waals surface area contributed by atoms with Crippen molar-refractivity contribution in [2.45, 2.75) is 62.0 Å². The van der Waals surface area contributed by atoms with Crippen LogP contribution < -0.4 is 10.0 Å². The van der Waals surface area contributed by atoms with E-state index in [1.54, 1.807) is 24.3 Å². The summed E-state index contributed by atoms with van der Waals surface area (Å²) in [6, 6.07) is 6.79. The highest BCUT2D eigenvalue weighted by Crippen LogP contribution is 2.55. The number of benzene rings is 1. The highest BCUT2D eigenvalue weighted by atomic mass is 127. The van der Waals surface area contributed by atoms with Gasteiger partial charge in [-0.3, -0.25) is 0 Å². The third-order valence-corrected chi connectivity index (χ3v) is 9.06. The van der Waals surface area contributed by atoms with Crippen molar-refractivity contribution < 1.29 is 8.42 Å². The molecule has 6 rings (SSSR count). The van der Waals surface area contributed by atoms with Gasteiger partial charge in [-0.1, -0.05) is 0 Å². The van der Waals surface area contributed by atoms with Crippen LogP contribution in [0.4, 0.5) is 0 Å². The average molecular weight is 527 g/mol. The van der Waals surface area contributed by atoms with E-state index in [0.717, 1.165) is 27.0 Å². The van der Waals surface area contributed by atoms with E-state index in [-0.39, 0.29) is 17.0 Å². The number of hydrogen-bond donors (Lipinski definition) is 3. The number of rotatable bonds is 7. The van der Waals surface area contributed by atoms with Crippen LogP contribution in [-0.2, 0) is 23.1 Å². The van der Waals surface area contributed by atoms with Crippen LogP contribution in [0.1, 0.15) is 49.9 Å². The first-order chi connectivity index (χ1) is 13.9. The maximum Gasteiger partial charge on any atom is 0.240 e. The van der Waals surface area contributed by atoms with E-state index in [4.69, 9.17) is 0 Å². The summed E-state index contributed by atoms with van der Waals surface area (Å²) < 4.78 is 28.7. The topological polar surface area (TPSA) is 99.8 Å². The molecule has 29 heavy (non-hydrogen) atoms. The fourth-order valence-electron chi connectivity index (χ4n) is 6.02. The molecule has 4 saturated carbocycles. The molecule has 2 aromatic rings. The molecule has 4 bridgehead atoms. The van der Waals surface area contributed by atoms with Gasteiger partial charge >= 0.3 is 0 Å². The van der Waals surface area contributed by atoms with Crippen molar-refractivity contribution in [3.63, 3.8) is 0 Å². The Kier molecular flexibility index (Phi) is 5.20. The molecule has 4 aliphatic carbocycles. The third-order valence-electron chi connectivity index (χ3n) is 6.93. The zero-order valence-corrected chi connectivity index (χ0v) is 19.2. The Morgan fingerprint density at radius 2 is 1.52 bits per heavy atom. The molecule has 1 aromatic carbocycles. The zero-order valence-electron chi connectivity index (χ0n) is 16.2. The van der Waals surface area contributed by atoms with Gasteiger partial charge in [-0.2, -0.15) is 15.4 Å². The number of nitrogens with zero attached hydrogens (tertiary/aromatic N) is 2. The Morgan fingerprint density at radius 1 is 0.966 bits per heavy atom. The minimum absolute atomic E-state index is 0.128. The number of sulfonamides is 1. The molecule has 3 N–H and O–H groups in total. The molecule has 4 aliphatic rings. The Bertz CT molecular complexity index is 953. The quantitative estimate of drug-likeness (QED) is 0.481. The van der Waals surface area contributed by atoms with Crippen LogP contribution in [-0.4, -0.2) is 29.4 Å². The third kappa shape index (κ3) is 4.11. The maximum atomic E-state index is 12.5. The minimum atomic E-state index is -3.58. The Hall–Kier alpha value is -1.04. The van der Waals surface area contributed by atoms with Gasteiger partial charge in [0.2, 0.25) is 10.0 Å². The van der Waals surface area contributed by atoms with Gasteiger partial charge < -0.3 is 5.32 Å². The summed E-state index contributed by atoms with van der Waals surface area (Å²) in [4.78, 5) is 0.259. The van der Waals surface area contributed by atoms with Gasteiger partial charge in [-0.15, -0.1) is 0 Å². The predicted octanol–water partition coefficient (Wildman–Crippen LogP) is 2.95. The minimum Gasteiger partial charge on any atom is -0.305 e. The Labute approximate surface area is 185 Å². The molecule has 0 radical (unpaired) electrons. The lowest BCUT2D eigenvalue weighted by Crippen LogP contribution is -2.58. The number of hydrogen-bond acceptors (Lipinski definition) is 5. The van der Waals surface area contributed by atoms with Gasteiger partial charge in [0.05, 0.1) is 11.4 Å². The van der Waals surface area contributed by atoms with Crippen LogP contribution in [0.15, 0.2) is 29.2 Å². The molecule has 1 aromatic heterocycles. The molecule has 1 heterocycles. The first kappa shape index (κ1) is 19.9. The van der Waals surface area contributed by atoms with Crippen LogP contribution in [0.25, 0.3) is 0 Å². The molecule has 0 unspecified atom stereocenters. The first-order valence-corrected chi connectivity index (χ1v) is 12.9. The molecule has 156 valence electrons. The Balaban J connectivity index is 1.23. The lowest BCUT2D eigenvalue weighted by Gasteiger charge is -2.57. The normalized spacial score (nSPS) is 30.7. The van der Waals surface area contributed by atoms with Gasteiger partial charge in [0, 0.05) is 15.7 Å². The summed E-state index contributed by atoms with van der Waals surface area (Å²) in [5.74, 6) is 2.64. The van der Waals surface area contributed by atoms with E-state index in [1.165, 1.54) is 38.5 Å². The SMILES string of the molecule is O=S(=O)(NCc1n[nH]nc1CNC12CC3CC(CC(C3)C1)C2)c1ccc(I)cc1. The highest BCUT2D eigenvalue weighted by Gasteiger charge is 2.50.